The lowest BCUT2D eigenvalue weighted by Gasteiger charge is -2.39. The predicted octanol–water partition coefficient (Wildman–Crippen LogP) is 2.60. The smallest absolute Gasteiger partial charge is 0.140 e. The number of aliphatic hydroxyl groups excluding tert-OH is 1. The average Bonchev–Trinajstić information content (AvgIpc) is 3.09. The summed E-state index contributed by atoms with van der Waals surface area (Å²) in [5, 5.41) is 18.0. The van der Waals surface area contributed by atoms with E-state index in [9.17, 15) is 5.11 Å². The van der Waals surface area contributed by atoms with Crippen molar-refractivity contribution in [2.24, 2.45) is 17.3 Å². The van der Waals surface area contributed by atoms with Crippen LogP contribution in [0.1, 0.15) is 59.2 Å². The van der Waals surface area contributed by atoms with Crippen molar-refractivity contribution in [2.45, 2.75) is 72.5 Å². The molecule has 1 aliphatic carbocycles. The van der Waals surface area contributed by atoms with Gasteiger partial charge < -0.3 is 10.4 Å². The second kappa shape index (κ2) is 7.55. The summed E-state index contributed by atoms with van der Waals surface area (Å²) in [4.78, 5) is 4.40. The fraction of sp³-hybridized carbons (Fsp3) is 0.882. The molecule has 22 heavy (non-hydrogen) atoms. The molecule has 1 heterocycles. The first-order chi connectivity index (χ1) is 10.5. The summed E-state index contributed by atoms with van der Waals surface area (Å²) in [7, 11) is 0. The second-order valence-corrected chi connectivity index (χ2v) is 7.58. The van der Waals surface area contributed by atoms with Crippen LogP contribution >= 0.6 is 0 Å². The first kappa shape index (κ1) is 17.4. The molecule has 1 aromatic rings. The van der Waals surface area contributed by atoms with Gasteiger partial charge in [-0.15, -0.1) is 0 Å². The van der Waals surface area contributed by atoms with Crippen molar-refractivity contribution in [2.75, 3.05) is 6.61 Å². The SMILES string of the molecule is CC(C)Cn1ncnc1CNC(C(C)C)C1(CO)CCCC1. The highest BCUT2D eigenvalue weighted by Crippen LogP contribution is 2.43. The van der Waals surface area contributed by atoms with Crippen molar-refractivity contribution in [3.8, 4) is 0 Å². The molecule has 2 N–H and O–H groups in total. The molecule has 1 saturated carbocycles. The standard InChI is InChI=1S/C17H32N4O/c1-13(2)10-21-15(19-12-20-21)9-18-16(14(3)4)17(11-22)7-5-6-8-17/h12-14,16,18,22H,5-11H2,1-4H3. The minimum Gasteiger partial charge on any atom is -0.396 e. The number of aliphatic hydroxyl groups is 1. The quantitative estimate of drug-likeness (QED) is 0.775. The van der Waals surface area contributed by atoms with Crippen molar-refractivity contribution in [3.05, 3.63) is 12.2 Å². The van der Waals surface area contributed by atoms with E-state index in [1.807, 2.05) is 4.68 Å². The number of nitrogens with zero attached hydrogens (tertiary/aromatic N) is 3. The molecule has 0 radical (unpaired) electrons. The zero-order chi connectivity index (χ0) is 16.2. The number of rotatable bonds is 8. The molecule has 1 aromatic heterocycles. The van der Waals surface area contributed by atoms with Gasteiger partial charge in [-0.1, -0.05) is 40.5 Å². The van der Waals surface area contributed by atoms with Gasteiger partial charge in [-0.05, 0) is 24.7 Å². The molecule has 0 saturated heterocycles. The minimum atomic E-state index is 0.0388. The van der Waals surface area contributed by atoms with E-state index in [2.05, 4.69) is 43.1 Å². The van der Waals surface area contributed by atoms with E-state index in [0.717, 1.165) is 31.8 Å². The van der Waals surface area contributed by atoms with Gasteiger partial charge >= 0.3 is 0 Å². The van der Waals surface area contributed by atoms with Gasteiger partial charge in [-0.25, -0.2) is 9.67 Å². The van der Waals surface area contributed by atoms with Crippen LogP contribution in [0.3, 0.4) is 0 Å². The molecule has 0 aromatic carbocycles. The van der Waals surface area contributed by atoms with Crippen LogP contribution in [0.15, 0.2) is 6.33 Å². The highest BCUT2D eigenvalue weighted by molar-refractivity contribution is 4.97. The Kier molecular flexibility index (Phi) is 5.98. The lowest BCUT2D eigenvalue weighted by molar-refractivity contribution is 0.0644. The first-order valence-electron chi connectivity index (χ1n) is 8.69. The first-order valence-corrected chi connectivity index (χ1v) is 8.69. The van der Waals surface area contributed by atoms with E-state index in [0.29, 0.717) is 17.9 Å². The Hall–Kier alpha value is -0.940. The molecule has 2 rings (SSSR count). The molecule has 0 aliphatic heterocycles. The van der Waals surface area contributed by atoms with Crippen LogP contribution in [0.4, 0.5) is 0 Å². The summed E-state index contributed by atoms with van der Waals surface area (Å²) in [6.07, 6.45) is 6.35. The fourth-order valence-electron chi connectivity index (χ4n) is 3.93. The number of nitrogens with one attached hydrogen (secondary N) is 1. The third-order valence-corrected chi connectivity index (χ3v) is 4.95. The Morgan fingerprint density at radius 2 is 1.95 bits per heavy atom. The second-order valence-electron chi connectivity index (χ2n) is 7.58. The largest absolute Gasteiger partial charge is 0.396 e. The Labute approximate surface area is 134 Å². The zero-order valence-electron chi connectivity index (χ0n) is 14.5. The van der Waals surface area contributed by atoms with Crippen LogP contribution < -0.4 is 5.32 Å². The molecular weight excluding hydrogens is 276 g/mol. The molecule has 126 valence electrons. The Bertz CT molecular complexity index is 449. The van der Waals surface area contributed by atoms with Crippen molar-refractivity contribution in [1.82, 2.24) is 20.1 Å². The zero-order valence-corrected chi connectivity index (χ0v) is 14.5. The van der Waals surface area contributed by atoms with Gasteiger partial charge in [0.2, 0.25) is 0 Å². The molecule has 0 spiro atoms. The average molecular weight is 308 g/mol. The third-order valence-electron chi connectivity index (χ3n) is 4.95. The van der Waals surface area contributed by atoms with Gasteiger partial charge in [-0.2, -0.15) is 5.10 Å². The van der Waals surface area contributed by atoms with E-state index in [1.165, 1.54) is 12.8 Å². The summed E-state index contributed by atoms with van der Waals surface area (Å²) in [5.74, 6) is 2.04. The molecule has 1 aliphatic rings. The molecule has 1 fully saturated rings. The number of aromatic nitrogens is 3. The van der Waals surface area contributed by atoms with Gasteiger partial charge in [0.25, 0.3) is 0 Å². The number of hydrogen-bond donors (Lipinski definition) is 2. The highest BCUT2D eigenvalue weighted by Gasteiger charge is 2.42. The van der Waals surface area contributed by atoms with Crippen molar-refractivity contribution < 1.29 is 5.11 Å². The summed E-state index contributed by atoms with van der Waals surface area (Å²) in [6, 6.07) is 0.323. The summed E-state index contributed by atoms with van der Waals surface area (Å²) >= 11 is 0. The van der Waals surface area contributed by atoms with Crippen LogP contribution in [0.2, 0.25) is 0 Å². The molecule has 0 bridgehead atoms. The fourth-order valence-corrected chi connectivity index (χ4v) is 3.93. The summed E-state index contributed by atoms with van der Waals surface area (Å²) < 4.78 is 2.00. The van der Waals surface area contributed by atoms with Crippen LogP contribution in [-0.4, -0.2) is 32.5 Å². The Morgan fingerprint density at radius 3 is 2.50 bits per heavy atom. The van der Waals surface area contributed by atoms with Gasteiger partial charge in [0.05, 0.1) is 13.2 Å². The molecule has 5 heteroatoms. The molecule has 1 atom stereocenters. The lowest BCUT2D eigenvalue weighted by Crippen LogP contribution is -2.49. The van der Waals surface area contributed by atoms with Crippen molar-refractivity contribution >= 4 is 0 Å². The molecule has 5 nitrogen and oxygen atoms in total. The van der Waals surface area contributed by atoms with Gasteiger partial charge in [0.15, 0.2) is 0 Å². The predicted molar refractivity (Wildman–Crippen MR) is 88.3 cm³/mol. The lowest BCUT2D eigenvalue weighted by atomic mass is 9.74. The van der Waals surface area contributed by atoms with E-state index >= 15 is 0 Å². The van der Waals surface area contributed by atoms with E-state index in [-0.39, 0.29) is 12.0 Å². The Balaban J connectivity index is 2.05. The van der Waals surface area contributed by atoms with E-state index in [1.54, 1.807) is 6.33 Å². The number of hydrogen-bond acceptors (Lipinski definition) is 4. The van der Waals surface area contributed by atoms with Crippen LogP contribution in [-0.2, 0) is 13.1 Å². The highest BCUT2D eigenvalue weighted by atomic mass is 16.3. The molecule has 0 amide bonds. The normalized spacial score (nSPS) is 19.2. The maximum absolute atomic E-state index is 9.99. The van der Waals surface area contributed by atoms with Crippen LogP contribution in [0, 0.1) is 17.3 Å². The Morgan fingerprint density at radius 1 is 1.27 bits per heavy atom. The van der Waals surface area contributed by atoms with Gasteiger partial charge in [-0.3, -0.25) is 0 Å². The van der Waals surface area contributed by atoms with Crippen molar-refractivity contribution in [1.29, 1.82) is 0 Å². The molecular formula is C17H32N4O. The van der Waals surface area contributed by atoms with Crippen LogP contribution in [0.25, 0.3) is 0 Å². The summed E-state index contributed by atoms with van der Waals surface area (Å²) in [6.45, 7) is 10.8. The topological polar surface area (TPSA) is 63.0 Å². The molecule has 1 unspecified atom stereocenters. The summed E-state index contributed by atoms with van der Waals surface area (Å²) in [5.41, 5.74) is 0.0388. The van der Waals surface area contributed by atoms with Gasteiger partial charge in [0.1, 0.15) is 12.2 Å². The maximum Gasteiger partial charge on any atom is 0.140 e. The monoisotopic (exact) mass is 308 g/mol. The van der Waals surface area contributed by atoms with E-state index < -0.39 is 0 Å². The van der Waals surface area contributed by atoms with Crippen molar-refractivity contribution in [3.63, 3.8) is 0 Å². The minimum absolute atomic E-state index is 0.0388. The van der Waals surface area contributed by atoms with E-state index in [4.69, 9.17) is 0 Å². The van der Waals surface area contributed by atoms with Gasteiger partial charge in [0, 0.05) is 18.0 Å². The van der Waals surface area contributed by atoms with Crippen LogP contribution in [0.5, 0.6) is 0 Å². The maximum atomic E-state index is 9.99. The third kappa shape index (κ3) is 3.87.